The van der Waals surface area contributed by atoms with Crippen molar-refractivity contribution in [1.82, 2.24) is 20.3 Å². The Balaban J connectivity index is 0.00000261. The standard InChI is InChI=1S/C20H25N5O.ClH/c1-14(2)9-10-25-13-19(23-24-25)20(26)22-18(12-21)17-8-7-15-5-3-4-6-16(15)11-17;/h3-8,11,13-14,18H,9-10,12,21H2,1-2H3,(H,22,26);1H. The van der Waals surface area contributed by atoms with Gasteiger partial charge in [-0.15, -0.1) is 17.5 Å². The molecule has 0 aliphatic rings. The molecule has 3 N–H and O–H groups in total. The average Bonchev–Trinajstić information content (AvgIpc) is 3.13. The number of fused-ring (bicyclic) bond motifs is 1. The summed E-state index contributed by atoms with van der Waals surface area (Å²) >= 11 is 0. The van der Waals surface area contributed by atoms with Crippen molar-refractivity contribution in [2.45, 2.75) is 32.9 Å². The number of amides is 1. The Hall–Kier alpha value is -2.44. The predicted molar refractivity (Wildman–Crippen MR) is 110 cm³/mol. The van der Waals surface area contributed by atoms with E-state index in [4.69, 9.17) is 5.73 Å². The van der Waals surface area contributed by atoms with Gasteiger partial charge in [-0.3, -0.25) is 9.48 Å². The van der Waals surface area contributed by atoms with Crippen molar-refractivity contribution in [3.63, 3.8) is 0 Å². The van der Waals surface area contributed by atoms with Crippen LogP contribution in [0.15, 0.2) is 48.7 Å². The number of nitrogens with two attached hydrogens (primary N) is 1. The molecule has 1 heterocycles. The van der Waals surface area contributed by atoms with Gasteiger partial charge in [-0.05, 0) is 34.7 Å². The van der Waals surface area contributed by atoms with Crippen LogP contribution < -0.4 is 11.1 Å². The molecular weight excluding hydrogens is 362 g/mol. The predicted octanol–water partition coefficient (Wildman–Crippen LogP) is 3.33. The molecule has 0 saturated heterocycles. The fraction of sp³-hybridized carbons (Fsp3) is 0.350. The lowest BCUT2D eigenvalue weighted by molar-refractivity contribution is 0.0932. The van der Waals surface area contributed by atoms with Crippen molar-refractivity contribution in [1.29, 1.82) is 0 Å². The Kier molecular flexibility index (Phi) is 7.33. The summed E-state index contributed by atoms with van der Waals surface area (Å²) in [4.78, 5) is 12.5. The van der Waals surface area contributed by atoms with E-state index in [1.165, 1.54) is 0 Å². The molecule has 0 aliphatic heterocycles. The minimum absolute atomic E-state index is 0. The van der Waals surface area contributed by atoms with E-state index in [1.54, 1.807) is 10.9 Å². The first kappa shape index (κ1) is 20.9. The molecule has 1 amide bonds. The summed E-state index contributed by atoms with van der Waals surface area (Å²) in [6.45, 7) is 5.37. The number of aryl methyl sites for hydroxylation is 1. The Morgan fingerprint density at radius 3 is 2.63 bits per heavy atom. The van der Waals surface area contributed by atoms with Crippen molar-refractivity contribution >= 4 is 29.1 Å². The molecule has 1 atom stereocenters. The summed E-state index contributed by atoms with van der Waals surface area (Å²) < 4.78 is 1.71. The van der Waals surface area contributed by atoms with Gasteiger partial charge in [0.15, 0.2) is 5.69 Å². The number of carbonyl (C=O) groups excluding carboxylic acids is 1. The highest BCUT2D eigenvalue weighted by Crippen LogP contribution is 2.20. The second kappa shape index (κ2) is 9.48. The summed E-state index contributed by atoms with van der Waals surface area (Å²) in [5.41, 5.74) is 7.20. The minimum atomic E-state index is -0.270. The molecule has 7 heteroatoms. The number of nitrogens with zero attached hydrogens (tertiary/aromatic N) is 3. The second-order valence-corrected chi connectivity index (χ2v) is 6.92. The normalized spacial score (nSPS) is 12.0. The van der Waals surface area contributed by atoms with E-state index in [0.717, 1.165) is 29.3 Å². The lowest BCUT2D eigenvalue weighted by Crippen LogP contribution is -2.33. The van der Waals surface area contributed by atoms with E-state index in [2.05, 4.69) is 47.7 Å². The Morgan fingerprint density at radius 1 is 1.19 bits per heavy atom. The molecule has 3 rings (SSSR count). The van der Waals surface area contributed by atoms with Gasteiger partial charge >= 0.3 is 0 Å². The zero-order valence-electron chi connectivity index (χ0n) is 15.6. The van der Waals surface area contributed by atoms with Gasteiger partial charge in [0.05, 0.1) is 12.2 Å². The molecule has 1 unspecified atom stereocenters. The molecule has 1 aromatic heterocycles. The number of nitrogens with one attached hydrogen (secondary N) is 1. The summed E-state index contributed by atoms with van der Waals surface area (Å²) in [5, 5.41) is 13.3. The van der Waals surface area contributed by atoms with E-state index in [0.29, 0.717) is 18.2 Å². The van der Waals surface area contributed by atoms with Crippen LogP contribution in [0, 0.1) is 5.92 Å². The monoisotopic (exact) mass is 387 g/mol. The highest BCUT2D eigenvalue weighted by atomic mass is 35.5. The maximum Gasteiger partial charge on any atom is 0.273 e. The molecule has 144 valence electrons. The van der Waals surface area contributed by atoms with Gasteiger partial charge in [0.25, 0.3) is 5.91 Å². The molecule has 0 spiro atoms. The lowest BCUT2D eigenvalue weighted by atomic mass is 10.0. The average molecular weight is 388 g/mol. The van der Waals surface area contributed by atoms with E-state index in [-0.39, 0.29) is 24.4 Å². The van der Waals surface area contributed by atoms with Crippen LogP contribution in [0.3, 0.4) is 0 Å². The number of halogens is 1. The van der Waals surface area contributed by atoms with Crippen molar-refractivity contribution in [3.05, 3.63) is 59.9 Å². The van der Waals surface area contributed by atoms with Crippen LogP contribution in [0.25, 0.3) is 10.8 Å². The third kappa shape index (κ3) is 5.28. The summed E-state index contributed by atoms with van der Waals surface area (Å²) in [6.07, 6.45) is 2.68. The second-order valence-electron chi connectivity index (χ2n) is 6.92. The third-order valence-corrected chi connectivity index (χ3v) is 4.42. The minimum Gasteiger partial charge on any atom is -0.343 e. The van der Waals surface area contributed by atoms with Gasteiger partial charge in [0, 0.05) is 13.1 Å². The van der Waals surface area contributed by atoms with Crippen LogP contribution in [0.2, 0.25) is 0 Å². The highest BCUT2D eigenvalue weighted by molar-refractivity contribution is 5.92. The fourth-order valence-corrected chi connectivity index (χ4v) is 2.84. The number of benzene rings is 2. The molecule has 2 aromatic carbocycles. The van der Waals surface area contributed by atoms with Crippen molar-refractivity contribution < 1.29 is 4.79 Å². The largest absolute Gasteiger partial charge is 0.343 e. The molecule has 0 fully saturated rings. The number of hydrogen-bond acceptors (Lipinski definition) is 4. The first-order valence-electron chi connectivity index (χ1n) is 8.96. The zero-order chi connectivity index (χ0) is 18.5. The van der Waals surface area contributed by atoms with Gasteiger partial charge < -0.3 is 11.1 Å². The molecule has 27 heavy (non-hydrogen) atoms. The maximum atomic E-state index is 12.5. The Bertz CT molecular complexity index is 893. The quantitative estimate of drug-likeness (QED) is 0.651. The van der Waals surface area contributed by atoms with Crippen LogP contribution >= 0.6 is 12.4 Å². The number of aromatic nitrogens is 3. The summed E-state index contributed by atoms with van der Waals surface area (Å²) in [5.74, 6) is 0.315. The van der Waals surface area contributed by atoms with Gasteiger partial charge in [-0.25, -0.2) is 0 Å². The van der Waals surface area contributed by atoms with E-state index in [1.807, 2.05) is 24.3 Å². The van der Waals surface area contributed by atoms with E-state index >= 15 is 0 Å². The van der Waals surface area contributed by atoms with Gasteiger partial charge in [0.1, 0.15) is 0 Å². The molecule has 0 saturated carbocycles. The molecular formula is C20H26ClN5O. The smallest absolute Gasteiger partial charge is 0.273 e. The van der Waals surface area contributed by atoms with Crippen LogP contribution in [0.4, 0.5) is 0 Å². The summed E-state index contributed by atoms with van der Waals surface area (Å²) in [7, 11) is 0. The topological polar surface area (TPSA) is 85.8 Å². The Labute approximate surface area is 165 Å². The lowest BCUT2D eigenvalue weighted by Gasteiger charge is -2.17. The van der Waals surface area contributed by atoms with Crippen LogP contribution in [-0.2, 0) is 6.54 Å². The maximum absolute atomic E-state index is 12.5. The first-order valence-corrected chi connectivity index (χ1v) is 8.96. The molecule has 0 aliphatic carbocycles. The van der Waals surface area contributed by atoms with Crippen LogP contribution in [0.1, 0.15) is 42.4 Å². The van der Waals surface area contributed by atoms with Crippen molar-refractivity contribution in [3.8, 4) is 0 Å². The van der Waals surface area contributed by atoms with Crippen molar-refractivity contribution in [2.75, 3.05) is 6.54 Å². The number of carbonyl (C=O) groups is 1. The first-order chi connectivity index (χ1) is 12.6. The number of hydrogen-bond donors (Lipinski definition) is 2. The van der Waals surface area contributed by atoms with Gasteiger partial charge in [-0.2, -0.15) is 0 Å². The fourth-order valence-electron chi connectivity index (χ4n) is 2.84. The van der Waals surface area contributed by atoms with Crippen molar-refractivity contribution in [2.24, 2.45) is 11.7 Å². The molecule has 0 bridgehead atoms. The van der Waals surface area contributed by atoms with Crippen LogP contribution in [-0.4, -0.2) is 27.4 Å². The molecule has 3 aromatic rings. The highest BCUT2D eigenvalue weighted by Gasteiger charge is 2.17. The van der Waals surface area contributed by atoms with Gasteiger partial charge in [-0.1, -0.05) is 55.5 Å². The summed E-state index contributed by atoms with van der Waals surface area (Å²) in [6, 6.07) is 13.9. The third-order valence-electron chi connectivity index (χ3n) is 4.42. The SMILES string of the molecule is CC(C)CCn1cc(C(=O)NC(CN)c2ccc3ccccc3c2)nn1.Cl. The Morgan fingerprint density at radius 2 is 1.93 bits per heavy atom. The van der Waals surface area contributed by atoms with Gasteiger partial charge in [0.2, 0.25) is 0 Å². The number of rotatable bonds is 7. The molecule has 6 nitrogen and oxygen atoms in total. The zero-order valence-corrected chi connectivity index (χ0v) is 16.4. The molecule has 0 radical (unpaired) electrons. The van der Waals surface area contributed by atoms with Crippen LogP contribution in [0.5, 0.6) is 0 Å². The van der Waals surface area contributed by atoms with E-state index in [9.17, 15) is 4.79 Å². The van der Waals surface area contributed by atoms with E-state index < -0.39 is 0 Å².